The van der Waals surface area contributed by atoms with Gasteiger partial charge in [-0.1, -0.05) is 60.7 Å². The number of nitrogens with zero attached hydrogens (tertiary/aromatic N) is 5. The maximum atomic E-state index is 13.3. The summed E-state index contributed by atoms with van der Waals surface area (Å²) in [5.41, 5.74) is 2.86. The van der Waals surface area contributed by atoms with Crippen molar-refractivity contribution in [2.45, 2.75) is 44.3 Å². The molecule has 48 heavy (non-hydrogen) atoms. The van der Waals surface area contributed by atoms with E-state index < -0.39 is 13.0 Å². The molecule has 0 aliphatic carbocycles. The number of hydrogen-bond donors (Lipinski definition) is 0. The molecule has 2 aliphatic heterocycles. The van der Waals surface area contributed by atoms with Crippen LogP contribution in [0.4, 0.5) is 8.78 Å². The number of benzene rings is 2. The normalized spacial score (nSPS) is 18.1. The van der Waals surface area contributed by atoms with Crippen LogP contribution in [0.1, 0.15) is 36.0 Å². The third kappa shape index (κ3) is 9.66. The van der Waals surface area contributed by atoms with Gasteiger partial charge in [0.15, 0.2) is 6.61 Å². The average Bonchev–Trinajstić information content (AvgIpc) is 3.07. The summed E-state index contributed by atoms with van der Waals surface area (Å²) in [6.45, 7) is 5.16. The van der Waals surface area contributed by atoms with Crippen molar-refractivity contribution in [2.75, 3.05) is 66.8 Å². The first-order valence-electron chi connectivity index (χ1n) is 15.7. The molecule has 2 fully saturated rings. The van der Waals surface area contributed by atoms with Gasteiger partial charge in [0.1, 0.15) is 0 Å². The summed E-state index contributed by atoms with van der Waals surface area (Å²) >= 11 is 0. The fourth-order valence-electron chi connectivity index (χ4n) is 6.58. The van der Waals surface area contributed by atoms with Gasteiger partial charge in [0, 0.05) is 64.4 Å². The van der Waals surface area contributed by atoms with Crippen LogP contribution >= 0.6 is 24.8 Å². The largest absolute Gasteiger partial charge is 0.481 e. The van der Waals surface area contributed by atoms with Crippen molar-refractivity contribution < 1.29 is 32.5 Å². The SMILES string of the molecule is CCOc1nc(OC)c(CN2CC(C(c3ccccc3)c3ccccc3)N3CCN(C(=O)CCOC)C[C@H]3C2)c(OCC(F)F)n1.Cl.Cl. The number of amides is 1. The first-order valence-corrected chi connectivity index (χ1v) is 15.7. The van der Waals surface area contributed by atoms with Crippen LogP contribution in [0.15, 0.2) is 60.7 Å². The van der Waals surface area contributed by atoms with E-state index in [2.05, 4.69) is 68.3 Å². The fourth-order valence-corrected chi connectivity index (χ4v) is 6.58. The van der Waals surface area contributed by atoms with Crippen molar-refractivity contribution in [3.8, 4) is 17.8 Å². The molecule has 3 heterocycles. The molecule has 2 atom stereocenters. The highest BCUT2D eigenvalue weighted by Gasteiger charge is 2.43. The second kappa shape index (κ2) is 19.0. The molecule has 2 aliphatic rings. The Bertz CT molecular complexity index is 1380. The maximum Gasteiger partial charge on any atom is 0.323 e. The third-order valence-electron chi connectivity index (χ3n) is 8.55. The second-order valence-corrected chi connectivity index (χ2v) is 11.5. The first kappa shape index (κ1) is 39.2. The Labute approximate surface area is 293 Å². The summed E-state index contributed by atoms with van der Waals surface area (Å²) in [5.74, 6) is 0.334. The van der Waals surface area contributed by atoms with Gasteiger partial charge in [0.25, 0.3) is 6.43 Å². The number of carbonyl (C=O) groups excluding carboxylic acids is 1. The summed E-state index contributed by atoms with van der Waals surface area (Å²) < 4.78 is 48.4. The predicted molar refractivity (Wildman–Crippen MR) is 183 cm³/mol. The Morgan fingerprint density at radius 3 is 2.12 bits per heavy atom. The third-order valence-corrected chi connectivity index (χ3v) is 8.55. The molecule has 0 bridgehead atoms. The summed E-state index contributed by atoms with van der Waals surface area (Å²) in [4.78, 5) is 28.6. The minimum Gasteiger partial charge on any atom is -0.481 e. The van der Waals surface area contributed by atoms with E-state index in [0.29, 0.717) is 57.9 Å². The molecular formula is C34H45Cl2F2N5O5. The van der Waals surface area contributed by atoms with E-state index in [-0.39, 0.29) is 66.5 Å². The van der Waals surface area contributed by atoms with Crippen LogP contribution in [-0.4, -0.2) is 116 Å². The number of fused-ring (bicyclic) bond motifs is 1. The molecule has 10 nitrogen and oxygen atoms in total. The molecule has 0 saturated carbocycles. The topological polar surface area (TPSA) is 89.5 Å². The number of halogens is 4. The highest BCUT2D eigenvalue weighted by Crippen LogP contribution is 2.37. The average molecular weight is 713 g/mol. The number of hydrogen-bond acceptors (Lipinski definition) is 9. The molecule has 1 unspecified atom stereocenters. The lowest BCUT2D eigenvalue weighted by Gasteiger charge is -2.53. The molecule has 264 valence electrons. The van der Waals surface area contributed by atoms with Gasteiger partial charge in [-0.3, -0.25) is 14.6 Å². The lowest BCUT2D eigenvalue weighted by molar-refractivity contribution is -0.137. The number of piperazine rings is 2. The van der Waals surface area contributed by atoms with Crippen molar-refractivity contribution in [3.05, 3.63) is 77.4 Å². The fraction of sp³-hybridized carbons (Fsp3) is 0.500. The Morgan fingerprint density at radius 1 is 0.896 bits per heavy atom. The van der Waals surface area contributed by atoms with E-state index in [1.807, 2.05) is 17.0 Å². The van der Waals surface area contributed by atoms with Gasteiger partial charge in [-0.25, -0.2) is 8.78 Å². The zero-order chi connectivity index (χ0) is 32.5. The Morgan fingerprint density at radius 2 is 1.54 bits per heavy atom. The van der Waals surface area contributed by atoms with Crippen LogP contribution in [0.5, 0.6) is 17.8 Å². The Kier molecular flexibility index (Phi) is 15.5. The zero-order valence-corrected chi connectivity index (χ0v) is 29.1. The molecule has 1 aromatic heterocycles. The number of alkyl halides is 2. The lowest BCUT2D eigenvalue weighted by Crippen LogP contribution is -2.67. The van der Waals surface area contributed by atoms with Gasteiger partial charge in [0.2, 0.25) is 17.7 Å². The van der Waals surface area contributed by atoms with Crippen molar-refractivity contribution in [3.63, 3.8) is 0 Å². The minimum absolute atomic E-state index is 0. The second-order valence-electron chi connectivity index (χ2n) is 11.5. The molecule has 0 radical (unpaired) electrons. The first-order chi connectivity index (χ1) is 22.4. The zero-order valence-electron chi connectivity index (χ0n) is 27.5. The molecule has 5 rings (SSSR count). The van der Waals surface area contributed by atoms with E-state index in [0.717, 1.165) is 6.54 Å². The number of rotatable bonds is 14. The lowest BCUT2D eigenvalue weighted by atomic mass is 9.81. The molecule has 2 saturated heterocycles. The molecule has 2 aromatic carbocycles. The molecule has 1 amide bonds. The van der Waals surface area contributed by atoms with Crippen LogP contribution < -0.4 is 14.2 Å². The standard InChI is InChI=1S/C34H43F2N5O5.2ClH/c1-4-45-34-37-32(44-3)27(33(38-34)46-23-29(35)36)21-39-19-26-20-40(30(42)15-18-43-2)16-17-41(26)28(22-39)31(24-11-7-5-8-12-24)25-13-9-6-10-14-25;;/h5-14,26,28-29,31H,4,15-23H2,1-3H3;2*1H/t26-,28?;;/m1../s1. The van der Waals surface area contributed by atoms with E-state index in [1.165, 1.54) is 18.2 Å². The van der Waals surface area contributed by atoms with Gasteiger partial charge >= 0.3 is 6.01 Å². The van der Waals surface area contributed by atoms with Gasteiger partial charge in [-0.15, -0.1) is 24.8 Å². The van der Waals surface area contributed by atoms with Gasteiger partial charge in [0.05, 0.1) is 32.3 Å². The Balaban J connectivity index is 0.00000312. The molecule has 0 spiro atoms. The predicted octanol–water partition coefficient (Wildman–Crippen LogP) is 4.94. The van der Waals surface area contributed by atoms with Crippen LogP contribution in [0.3, 0.4) is 0 Å². The number of carbonyl (C=O) groups is 1. The maximum absolute atomic E-state index is 13.3. The highest BCUT2D eigenvalue weighted by molar-refractivity contribution is 5.85. The summed E-state index contributed by atoms with van der Waals surface area (Å²) in [6, 6.07) is 21.0. The number of aromatic nitrogens is 2. The monoisotopic (exact) mass is 711 g/mol. The Hall–Kier alpha value is -3.29. The van der Waals surface area contributed by atoms with Crippen LogP contribution in [0.25, 0.3) is 0 Å². The molecule has 3 aromatic rings. The van der Waals surface area contributed by atoms with Crippen molar-refractivity contribution in [1.29, 1.82) is 0 Å². The smallest absolute Gasteiger partial charge is 0.323 e. The van der Waals surface area contributed by atoms with E-state index >= 15 is 0 Å². The summed E-state index contributed by atoms with van der Waals surface area (Å²) in [5, 5.41) is 0. The number of methoxy groups -OCH3 is 2. The van der Waals surface area contributed by atoms with Crippen molar-refractivity contribution >= 4 is 30.7 Å². The highest BCUT2D eigenvalue weighted by atomic mass is 35.5. The summed E-state index contributed by atoms with van der Waals surface area (Å²) in [6.07, 6.45) is -2.35. The quantitative estimate of drug-likeness (QED) is 0.231. The van der Waals surface area contributed by atoms with Gasteiger partial charge < -0.3 is 23.8 Å². The van der Waals surface area contributed by atoms with E-state index in [1.54, 1.807) is 14.0 Å². The minimum atomic E-state index is -2.68. The van der Waals surface area contributed by atoms with Gasteiger partial charge in [-0.2, -0.15) is 9.97 Å². The van der Waals surface area contributed by atoms with E-state index in [4.69, 9.17) is 18.9 Å². The van der Waals surface area contributed by atoms with Gasteiger partial charge in [-0.05, 0) is 18.1 Å². The van der Waals surface area contributed by atoms with Crippen molar-refractivity contribution in [2.24, 2.45) is 0 Å². The van der Waals surface area contributed by atoms with Crippen LogP contribution in [-0.2, 0) is 16.1 Å². The molecule has 0 N–H and O–H groups in total. The number of ether oxygens (including phenoxy) is 4. The van der Waals surface area contributed by atoms with Crippen LogP contribution in [0.2, 0.25) is 0 Å². The molecule has 14 heteroatoms. The van der Waals surface area contributed by atoms with Crippen molar-refractivity contribution in [1.82, 2.24) is 24.7 Å². The summed E-state index contributed by atoms with van der Waals surface area (Å²) in [7, 11) is 3.07. The van der Waals surface area contributed by atoms with Crippen LogP contribution in [0, 0.1) is 0 Å². The molecular weight excluding hydrogens is 667 g/mol. The van der Waals surface area contributed by atoms with E-state index in [9.17, 15) is 13.6 Å².